The van der Waals surface area contributed by atoms with Crippen LogP contribution in [0.2, 0.25) is 0 Å². The van der Waals surface area contributed by atoms with Crippen molar-refractivity contribution in [3.8, 4) is 44.8 Å². The first-order valence-electron chi connectivity index (χ1n) is 16.0. The van der Waals surface area contributed by atoms with Crippen molar-refractivity contribution in [1.82, 2.24) is 15.0 Å². The monoisotopic (exact) mass is 802 g/mol. The summed E-state index contributed by atoms with van der Waals surface area (Å²) in [5.41, 5.74) is 14.8. The van der Waals surface area contributed by atoms with E-state index in [1.165, 1.54) is 33.4 Å². The van der Waals surface area contributed by atoms with Crippen LogP contribution in [0.3, 0.4) is 0 Å². The van der Waals surface area contributed by atoms with Crippen LogP contribution >= 0.6 is 0 Å². The van der Waals surface area contributed by atoms with Gasteiger partial charge in [0.1, 0.15) is 0 Å². The number of hydrogen-bond donors (Lipinski definition) is 0. The number of hydrogen-bond acceptors (Lipinski definition) is 3. The molecule has 0 spiro atoms. The van der Waals surface area contributed by atoms with E-state index in [9.17, 15) is 0 Å². The van der Waals surface area contributed by atoms with Gasteiger partial charge >= 0.3 is 0 Å². The van der Waals surface area contributed by atoms with Gasteiger partial charge in [-0.2, -0.15) is 0 Å². The van der Waals surface area contributed by atoms with Gasteiger partial charge in [0.2, 0.25) is 0 Å². The topological polar surface area (TPSA) is 38.7 Å². The van der Waals surface area contributed by atoms with Gasteiger partial charge in [0.05, 0.1) is 5.52 Å². The normalized spacial score (nSPS) is 11.0. The number of aromatic nitrogens is 3. The minimum absolute atomic E-state index is 0. The van der Waals surface area contributed by atoms with Crippen molar-refractivity contribution >= 4 is 10.9 Å². The van der Waals surface area contributed by atoms with E-state index < -0.39 is 0 Å². The van der Waals surface area contributed by atoms with E-state index in [0.717, 1.165) is 44.5 Å². The molecule has 0 atom stereocenters. The average Bonchev–Trinajstić information content (AvgIpc) is 3.08. The van der Waals surface area contributed by atoms with Gasteiger partial charge in [0, 0.05) is 44.1 Å². The van der Waals surface area contributed by atoms with E-state index in [0.29, 0.717) is 0 Å². The molecule has 48 heavy (non-hydrogen) atoms. The maximum Gasteiger partial charge on any atom is 0.0770 e. The molecule has 0 aliphatic rings. The molecule has 4 heteroatoms. The Kier molecular flexibility index (Phi) is 10.8. The summed E-state index contributed by atoms with van der Waals surface area (Å²) in [6.45, 7) is 13.0. The Balaban J connectivity index is 0.000000270. The number of nitrogens with zero attached hydrogens (tertiary/aromatic N) is 3. The Morgan fingerprint density at radius 1 is 0.542 bits per heavy atom. The molecule has 0 fully saturated rings. The molecule has 4 aromatic carbocycles. The van der Waals surface area contributed by atoms with Gasteiger partial charge in [-0.25, -0.2) is 0 Å². The van der Waals surface area contributed by atoms with Gasteiger partial charge in [-0.05, 0) is 83.6 Å². The minimum Gasteiger partial charge on any atom is -0.305 e. The maximum absolute atomic E-state index is 4.81. The molecular formula is C44H39IrN3-2. The summed E-state index contributed by atoms with van der Waals surface area (Å²) in [5, 5.41) is 1.16. The van der Waals surface area contributed by atoms with Crippen molar-refractivity contribution in [2.45, 2.75) is 47.0 Å². The molecular weight excluding hydrogens is 763 g/mol. The van der Waals surface area contributed by atoms with Crippen LogP contribution in [0.4, 0.5) is 0 Å². The standard InChI is InChI=1S/C32H29N2.C12H10N.Ir/c1-21-11-12-26(22(2)18-21)28-14-13-27(31-29(28)10-7-16-34-31)23-8-6-9-24(19-23)30-20-25(15-17-33-30)32(3,4)5;1-10-7-8-13-12(9-10)11-5-3-2-4-6-11;/h6-8,10-20H,1-5H3;2-5,7-9H,1H3;/q2*-1;. The van der Waals surface area contributed by atoms with Crippen molar-refractivity contribution < 1.29 is 20.1 Å². The van der Waals surface area contributed by atoms with E-state index in [2.05, 4.69) is 130 Å². The molecule has 3 heterocycles. The molecule has 241 valence electrons. The maximum atomic E-state index is 4.81. The summed E-state index contributed by atoms with van der Waals surface area (Å²) in [6, 6.07) is 44.3. The Labute approximate surface area is 298 Å². The van der Waals surface area contributed by atoms with Crippen LogP contribution < -0.4 is 0 Å². The second kappa shape index (κ2) is 15.0. The summed E-state index contributed by atoms with van der Waals surface area (Å²) >= 11 is 0. The van der Waals surface area contributed by atoms with Crippen molar-refractivity contribution in [2.75, 3.05) is 0 Å². The van der Waals surface area contributed by atoms with Crippen LogP contribution in [0.5, 0.6) is 0 Å². The number of aryl methyl sites for hydroxylation is 3. The third kappa shape index (κ3) is 7.85. The summed E-state index contributed by atoms with van der Waals surface area (Å²) < 4.78 is 0. The molecule has 0 aliphatic heterocycles. The van der Waals surface area contributed by atoms with Crippen molar-refractivity contribution in [2.24, 2.45) is 0 Å². The molecule has 3 aromatic heterocycles. The van der Waals surface area contributed by atoms with E-state index in [4.69, 9.17) is 4.98 Å². The predicted octanol–water partition coefficient (Wildman–Crippen LogP) is 11.2. The van der Waals surface area contributed by atoms with Gasteiger partial charge in [0.15, 0.2) is 0 Å². The Hall–Kier alpha value is -4.76. The van der Waals surface area contributed by atoms with Crippen LogP contribution in [0.1, 0.15) is 43.0 Å². The average molecular weight is 802 g/mol. The molecule has 3 nitrogen and oxygen atoms in total. The fourth-order valence-corrected chi connectivity index (χ4v) is 5.82. The molecule has 0 unspecified atom stereocenters. The first-order chi connectivity index (χ1) is 22.7. The Morgan fingerprint density at radius 3 is 1.98 bits per heavy atom. The zero-order valence-electron chi connectivity index (χ0n) is 28.3. The zero-order valence-corrected chi connectivity index (χ0v) is 30.7. The van der Waals surface area contributed by atoms with Crippen molar-refractivity contribution in [1.29, 1.82) is 0 Å². The number of fused-ring (bicyclic) bond motifs is 1. The summed E-state index contributed by atoms with van der Waals surface area (Å²) in [7, 11) is 0. The minimum atomic E-state index is 0. The molecule has 0 saturated carbocycles. The Morgan fingerprint density at radius 2 is 1.25 bits per heavy atom. The molecule has 7 aromatic rings. The fraction of sp³-hybridized carbons (Fsp3) is 0.159. The predicted molar refractivity (Wildman–Crippen MR) is 196 cm³/mol. The van der Waals surface area contributed by atoms with Crippen molar-refractivity contribution in [3.63, 3.8) is 0 Å². The smallest absolute Gasteiger partial charge is 0.0770 e. The van der Waals surface area contributed by atoms with Gasteiger partial charge in [0.25, 0.3) is 0 Å². The largest absolute Gasteiger partial charge is 0.305 e. The fourth-order valence-electron chi connectivity index (χ4n) is 5.82. The van der Waals surface area contributed by atoms with E-state index >= 15 is 0 Å². The van der Waals surface area contributed by atoms with Crippen LogP contribution in [0.25, 0.3) is 55.7 Å². The Bertz CT molecular complexity index is 2160. The van der Waals surface area contributed by atoms with E-state index in [1.54, 1.807) is 0 Å². The van der Waals surface area contributed by atoms with Crippen molar-refractivity contribution in [3.05, 3.63) is 162 Å². The molecule has 0 bridgehead atoms. The van der Waals surface area contributed by atoms with Crippen LogP contribution in [0.15, 0.2) is 128 Å². The number of benzene rings is 4. The molecule has 0 saturated heterocycles. The van der Waals surface area contributed by atoms with E-state index in [-0.39, 0.29) is 25.5 Å². The summed E-state index contributed by atoms with van der Waals surface area (Å²) in [5.74, 6) is 0. The summed E-state index contributed by atoms with van der Waals surface area (Å²) in [4.78, 5) is 13.7. The number of pyridine rings is 3. The first kappa shape index (κ1) is 34.6. The third-order valence-corrected chi connectivity index (χ3v) is 8.36. The van der Waals surface area contributed by atoms with Gasteiger partial charge in [-0.1, -0.05) is 86.0 Å². The molecule has 0 amide bonds. The van der Waals surface area contributed by atoms with Crippen LogP contribution in [0, 0.1) is 32.9 Å². The second-order valence-corrected chi connectivity index (χ2v) is 13.0. The SMILES string of the molecule is Cc1ccc(-c2ccc(-c3cc[c-]c(-c4cc(C(C)(C)C)ccn4)c3)c3ncccc23)c(C)c1.Cc1ccnc(-c2[c-]cccc2)c1.[Ir]. The van der Waals surface area contributed by atoms with Gasteiger partial charge in [-0.3, -0.25) is 4.98 Å². The second-order valence-electron chi connectivity index (χ2n) is 13.0. The molecule has 1 radical (unpaired) electrons. The van der Waals surface area contributed by atoms with E-state index in [1.807, 2.05) is 61.1 Å². The van der Waals surface area contributed by atoms with Gasteiger partial charge < -0.3 is 9.97 Å². The van der Waals surface area contributed by atoms with Crippen LogP contribution in [-0.2, 0) is 25.5 Å². The molecule has 7 rings (SSSR count). The zero-order chi connectivity index (χ0) is 33.0. The van der Waals surface area contributed by atoms with Crippen LogP contribution in [-0.4, -0.2) is 15.0 Å². The first-order valence-corrected chi connectivity index (χ1v) is 16.0. The number of rotatable bonds is 4. The van der Waals surface area contributed by atoms with Gasteiger partial charge in [-0.15, -0.1) is 65.7 Å². The molecule has 0 N–H and O–H groups in total. The quantitative estimate of drug-likeness (QED) is 0.166. The molecule has 0 aliphatic carbocycles. The summed E-state index contributed by atoms with van der Waals surface area (Å²) in [6.07, 6.45) is 5.60. The third-order valence-electron chi connectivity index (χ3n) is 8.36.